The summed E-state index contributed by atoms with van der Waals surface area (Å²) in [5.74, 6) is -2.32. The van der Waals surface area contributed by atoms with Crippen LogP contribution in [-0.4, -0.2) is 108 Å². The van der Waals surface area contributed by atoms with E-state index in [0.29, 0.717) is 38.0 Å². The van der Waals surface area contributed by atoms with Crippen LogP contribution >= 0.6 is 0 Å². The van der Waals surface area contributed by atoms with Crippen LogP contribution in [0.1, 0.15) is 86.5 Å². The Kier molecular flexibility index (Phi) is 8.81. The molecule has 0 bridgehead atoms. The second-order valence-corrected chi connectivity index (χ2v) is 17.4. The fraction of sp³-hybridized carbons (Fsp3) is 0.889. The first-order valence-corrected chi connectivity index (χ1v) is 17.8. The lowest BCUT2D eigenvalue weighted by Gasteiger charge is -2.72. The first kappa shape index (κ1) is 36.2. The fourth-order valence-corrected chi connectivity index (χ4v) is 12.5. The van der Waals surface area contributed by atoms with Crippen molar-refractivity contribution in [1.82, 2.24) is 0 Å². The number of ether oxygens (including phenoxy) is 2. The molecule has 0 spiro atoms. The SMILES string of the molecule is C[C@H]1[C@H](C)CC[C@]2(C(=O)O)CC[C@]3(C)C(=CC[C@@H]4[C@@]5(C)[C@H](O)[C@@H](O)[C@H](O[C@@H]6O[C@H](C(=O)O)[C@@H](O)[C@H](O)[C@H]6O)[C@@](C)(CO)[C@@H]5CC[C@]43C)[C@H]12. The average molecular weight is 681 g/mol. The lowest BCUT2D eigenvalue weighted by atomic mass is 9.32. The minimum Gasteiger partial charge on any atom is -0.481 e. The number of hydrogen-bond donors (Lipinski definition) is 8. The Hall–Kier alpha value is -1.64. The fourth-order valence-electron chi connectivity index (χ4n) is 12.5. The number of carboxylic acid groups (broad SMARTS) is 2. The first-order chi connectivity index (χ1) is 22.3. The Balaban J connectivity index is 1.38. The molecule has 5 aliphatic carbocycles. The van der Waals surface area contributed by atoms with Gasteiger partial charge in [0.2, 0.25) is 0 Å². The number of carboxylic acids is 2. The molecular weight excluding hydrogens is 624 g/mol. The van der Waals surface area contributed by atoms with E-state index in [2.05, 4.69) is 33.8 Å². The molecule has 12 nitrogen and oxygen atoms in total. The van der Waals surface area contributed by atoms with Crippen LogP contribution in [0.5, 0.6) is 0 Å². The summed E-state index contributed by atoms with van der Waals surface area (Å²) in [6, 6.07) is 0. The van der Waals surface area contributed by atoms with Gasteiger partial charge in [0.15, 0.2) is 12.4 Å². The number of aliphatic carboxylic acids is 2. The Morgan fingerprint density at radius 2 is 1.54 bits per heavy atom. The summed E-state index contributed by atoms with van der Waals surface area (Å²) in [5.41, 5.74) is -2.40. The molecule has 18 atom stereocenters. The van der Waals surface area contributed by atoms with Crippen LogP contribution in [-0.2, 0) is 19.1 Å². The summed E-state index contributed by atoms with van der Waals surface area (Å²) >= 11 is 0. The molecule has 0 radical (unpaired) electrons. The molecule has 0 amide bonds. The zero-order chi connectivity index (χ0) is 35.5. The van der Waals surface area contributed by atoms with Crippen LogP contribution in [0, 0.1) is 56.7 Å². The largest absolute Gasteiger partial charge is 0.481 e. The van der Waals surface area contributed by atoms with Crippen molar-refractivity contribution in [2.24, 2.45) is 56.7 Å². The lowest BCUT2D eigenvalue weighted by molar-refractivity contribution is -0.353. The molecule has 5 fully saturated rings. The van der Waals surface area contributed by atoms with Crippen molar-refractivity contribution in [3.05, 3.63) is 11.6 Å². The van der Waals surface area contributed by atoms with Crippen molar-refractivity contribution in [3.8, 4) is 0 Å². The molecule has 1 aliphatic heterocycles. The van der Waals surface area contributed by atoms with Crippen molar-refractivity contribution in [3.63, 3.8) is 0 Å². The van der Waals surface area contributed by atoms with Crippen LogP contribution in [0.4, 0.5) is 0 Å². The van der Waals surface area contributed by atoms with Crippen LogP contribution in [0.15, 0.2) is 11.6 Å². The van der Waals surface area contributed by atoms with Crippen molar-refractivity contribution in [2.45, 2.75) is 136 Å². The number of rotatable bonds is 5. The third kappa shape index (κ3) is 4.49. The summed E-state index contributed by atoms with van der Waals surface area (Å²) in [7, 11) is 0. The summed E-state index contributed by atoms with van der Waals surface area (Å²) in [6.07, 6.45) is -6.69. The van der Waals surface area contributed by atoms with Gasteiger partial charge in [0.05, 0.1) is 24.2 Å². The molecule has 6 aliphatic rings. The van der Waals surface area contributed by atoms with Gasteiger partial charge in [-0.2, -0.15) is 0 Å². The van der Waals surface area contributed by atoms with Crippen LogP contribution in [0.3, 0.4) is 0 Å². The Labute approximate surface area is 282 Å². The van der Waals surface area contributed by atoms with E-state index in [9.17, 15) is 50.4 Å². The standard InChI is InChI=1S/C36H56O12/c1-16-9-12-36(31(45)46)14-13-33(4)18(21(36)17(16)2)7-8-20-34(33,5)11-10-19-32(3,15-37)28(25(41)27(42)35(19,20)6)48-30-24(40)22(38)23(39)26(47-30)29(43)44/h7,16-17,19-28,30,37-42H,8-15H2,1-6H3,(H,43,44)(H,45,46)/t16-,17+,19+,20+,21+,22+,23+,24-,25-,26+,27-,28+,30+,32+,33-,34-,35+,36+/m1/s1. The van der Waals surface area contributed by atoms with Gasteiger partial charge in [-0.15, -0.1) is 0 Å². The monoisotopic (exact) mass is 680 g/mol. The molecule has 0 aromatic rings. The van der Waals surface area contributed by atoms with Gasteiger partial charge >= 0.3 is 11.9 Å². The second-order valence-electron chi connectivity index (χ2n) is 17.4. The minimum atomic E-state index is -1.92. The molecule has 0 unspecified atom stereocenters. The predicted molar refractivity (Wildman–Crippen MR) is 170 cm³/mol. The summed E-state index contributed by atoms with van der Waals surface area (Å²) < 4.78 is 11.4. The zero-order valence-corrected chi connectivity index (χ0v) is 29.0. The van der Waals surface area contributed by atoms with Crippen molar-refractivity contribution in [1.29, 1.82) is 0 Å². The lowest BCUT2D eigenvalue weighted by Crippen LogP contribution is -2.74. The Morgan fingerprint density at radius 3 is 2.15 bits per heavy atom. The second kappa shape index (κ2) is 11.7. The Bertz CT molecular complexity index is 1340. The van der Waals surface area contributed by atoms with E-state index in [-0.39, 0.29) is 28.6 Å². The van der Waals surface area contributed by atoms with Gasteiger partial charge in [-0.1, -0.05) is 53.2 Å². The summed E-state index contributed by atoms with van der Waals surface area (Å²) in [5, 5.41) is 86.6. The van der Waals surface area contributed by atoms with Gasteiger partial charge in [0, 0.05) is 10.8 Å². The highest BCUT2D eigenvalue weighted by Crippen LogP contribution is 2.76. The maximum atomic E-state index is 13.0. The molecule has 6 rings (SSSR count). The maximum absolute atomic E-state index is 13.0. The van der Waals surface area contributed by atoms with Gasteiger partial charge in [0.1, 0.15) is 24.4 Å². The quantitative estimate of drug-likeness (QED) is 0.155. The van der Waals surface area contributed by atoms with Gasteiger partial charge in [-0.25, -0.2) is 4.79 Å². The van der Waals surface area contributed by atoms with Gasteiger partial charge in [-0.3, -0.25) is 4.79 Å². The van der Waals surface area contributed by atoms with E-state index in [4.69, 9.17) is 9.47 Å². The van der Waals surface area contributed by atoms with Crippen LogP contribution in [0.2, 0.25) is 0 Å². The number of aliphatic hydroxyl groups is 6. The summed E-state index contributed by atoms with van der Waals surface area (Å²) in [6.45, 7) is 12.2. The number of carbonyl (C=O) groups is 2. The zero-order valence-electron chi connectivity index (χ0n) is 29.0. The predicted octanol–water partition coefficient (Wildman–Crippen LogP) is 1.92. The number of fused-ring (bicyclic) bond motifs is 7. The number of allylic oxidation sites excluding steroid dienone is 2. The molecule has 8 N–H and O–H groups in total. The highest BCUT2D eigenvalue weighted by atomic mass is 16.7. The van der Waals surface area contributed by atoms with E-state index in [0.717, 1.165) is 12.8 Å². The third-order valence-electron chi connectivity index (χ3n) is 15.7. The number of aliphatic hydroxyl groups excluding tert-OH is 6. The highest BCUT2D eigenvalue weighted by molar-refractivity contribution is 5.77. The highest BCUT2D eigenvalue weighted by Gasteiger charge is 2.73. The molecule has 1 saturated heterocycles. The van der Waals surface area contributed by atoms with Gasteiger partial charge in [-0.05, 0) is 85.4 Å². The van der Waals surface area contributed by atoms with E-state index in [1.54, 1.807) is 6.92 Å². The minimum absolute atomic E-state index is 0.0893. The van der Waals surface area contributed by atoms with Crippen LogP contribution < -0.4 is 0 Å². The molecule has 12 heteroatoms. The van der Waals surface area contributed by atoms with E-state index >= 15 is 0 Å². The van der Waals surface area contributed by atoms with Gasteiger partial charge in [0.25, 0.3) is 0 Å². The van der Waals surface area contributed by atoms with E-state index in [1.165, 1.54) is 5.57 Å². The molecule has 0 aromatic heterocycles. The first-order valence-electron chi connectivity index (χ1n) is 17.8. The molecule has 48 heavy (non-hydrogen) atoms. The Morgan fingerprint density at radius 1 is 0.875 bits per heavy atom. The molecule has 1 heterocycles. The van der Waals surface area contributed by atoms with Gasteiger partial charge < -0.3 is 50.3 Å². The topological polar surface area (TPSA) is 214 Å². The third-order valence-corrected chi connectivity index (χ3v) is 15.7. The molecule has 4 saturated carbocycles. The van der Waals surface area contributed by atoms with E-state index < -0.39 is 89.7 Å². The molecule has 0 aromatic carbocycles. The average Bonchev–Trinajstić information content (AvgIpc) is 3.03. The van der Waals surface area contributed by atoms with Crippen molar-refractivity contribution < 1.29 is 59.9 Å². The molecule has 272 valence electrons. The van der Waals surface area contributed by atoms with Crippen molar-refractivity contribution >= 4 is 11.9 Å². The molecular formula is C36H56O12. The normalized spacial score (nSPS) is 56.5. The van der Waals surface area contributed by atoms with Crippen molar-refractivity contribution in [2.75, 3.05) is 6.61 Å². The number of hydrogen-bond acceptors (Lipinski definition) is 10. The maximum Gasteiger partial charge on any atom is 0.335 e. The smallest absolute Gasteiger partial charge is 0.335 e. The van der Waals surface area contributed by atoms with E-state index in [1.807, 2.05) is 6.92 Å². The van der Waals surface area contributed by atoms with Crippen LogP contribution in [0.25, 0.3) is 0 Å². The summed E-state index contributed by atoms with van der Waals surface area (Å²) in [4.78, 5) is 24.7.